The lowest BCUT2D eigenvalue weighted by atomic mass is 10.2. The Morgan fingerprint density at radius 1 is 1.22 bits per heavy atom. The van der Waals surface area contributed by atoms with E-state index in [9.17, 15) is 14.4 Å². The minimum atomic E-state index is -0.483. The summed E-state index contributed by atoms with van der Waals surface area (Å²) in [5, 5.41) is 4.45. The Morgan fingerprint density at radius 3 is 2.59 bits per heavy atom. The van der Waals surface area contributed by atoms with Gasteiger partial charge < -0.3 is 10.1 Å². The number of benzene rings is 1. The number of aromatic nitrogens is 1. The summed E-state index contributed by atoms with van der Waals surface area (Å²) in [6.07, 6.45) is 0. The number of thiazole rings is 1. The second kappa shape index (κ2) is 8.32. The number of carbonyl (C=O) groups excluding carboxylic acids is 2. The van der Waals surface area contributed by atoms with Gasteiger partial charge in [0.1, 0.15) is 11.4 Å². The van der Waals surface area contributed by atoms with Gasteiger partial charge in [0, 0.05) is 16.0 Å². The zero-order valence-electron chi connectivity index (χ0n) is 14.9. The van der Waals surface area contributed by atoms with Gasteiger partial charge in [-0.2, -0.15) is 0 Å². The van der Waals surface area contributed by atoms with Crippen LogP contribution < -0.4 is 10.2 Å². The largest absolute Gasteiger partial charge is 0.462 e. The summed E-state index contributed by atoms with van der Waals surface area (Å²) in [5.74, 6) is -0.856. The summed E-state index contributed by atoms with van der Waals surface area (Å²) in [5.41, 5.74) is 2.06. The molecule has 1 amide bonds. The van der Waals surface area contributed by atoms with Crippen molar-refractivity contribution in [3.8, 4) is 10.4 Å². The molecule has 3 rings (SSSR count). The average Bonchev–Trinajstić information content (AvgIpc) is 3.21. The van der Waals surface area contributed by atoms with Gasteiger partial charge in [-0.3, -0.25) is 14.2 Å². The maximum atomic E-state index is 12.4. The van der Waals surface area contributed by atoms with Crippen molar-refractivity contribution in [2.75, 3.05) is 11.9 Å². The van der Waals surface area contributed by atoms with Crippen molar-refractivity contribution in [2.24, 2.45) is 0 Å². The van der Waals surface area contributed by atoms with E-state index in [1.165, 1.54) is 15.9 Å². The lowest BCUT2D eigenvalue weighted by Crippen LogP contribution is -2.25. The van der Waals surface area contributed by atoms with E-state index in [4.69, 9.17) is 4.74 Å². The molecule has 140 valence electrons. The Labute approximate surface area is 164 Å². The first-order valence-electron chi connectivity index (χ1n) is 8.30. The van der Waals surface area contributed by atoms with Gasteiger partial charge in [-0.25, -0.2) is 4.79 Å². The highest BCUT2D eigenvalue weighted by Gasteiger charge is 2.20. The molecule has 0 unspecified atom stereocenters. The van der Waals surface area contributed by atoms with Gasteiger partial charge in [0.2, 0.25) is 5.91 Å². The lowest BCUT2D eigenvalue weighted by molar-refractivity contribution is -0.116. The zero-order valence-corrected chi connectivity index (χ0v) is 16.5. The monoisotopic (exact) mass is 402 g/mol. The molecule has 0 aliphatic heterocycles. The van der Waals surface area contributed by atoms with E-state index in [2.05, 4.69) is 5.32 Å². The van der Waals surface area contributed by atoms with Crippen molar-refractivity contribution >= 4 is 40.2 Å². The Bertz CT molecular complexity index is 1020. The molecule has 0 bridgehead atoms. The summed E-state index contributed by atoms with van der Waals surface area (Å²) in [6, 6.07) is 11.3. The highest BCUT2D eigenvalue weighted by atomic mass is 32.1. The molecule has 6 nitrogen and oxygen atoms in total. The van der Waals surface area contributed by atoms with Gasteiger partial charge in [0.15, 0.2) is 0 Å². The first-order chi connectivity index (χ1) is 13.0. The van der Waals surface area contributed by atoms with E-state index in [-0.39, 0.29) is 23.9 Å². The standard InChI is InChI=1S/C19H18N2O4S2/c1-3-25-18(23)17-14(9-15(27-17)13-7-5-4-6-8-13)20-16(22)10-21-12(2)11-26-19(21)24/h4-9,11H,3,10H2,1-2H3,(H,20,22). The fraction of sp³-hybridized carbons (Fsp3) is 0.211. The third kappa shape index (κ3) is 4.35. The molecular weight excluding hydrogens is 384 g/mol. The number of hydrogen-bond acceptors (Lipinski definition) is 6. The second-order valence-corrected chi connectivity index (χ2v) is 7.59. The van der Waals surface area contributed by atoms with Crippen molar-refractivity contribution in [1.29, 1.82) is 0 Å². The Morgan fingerprint density at radius 2 is 1.96 bits per heavy atom. The number of aryl methyl sites for hydroxylation is 1. The minimum absolute atomic E-state index is 0.104. The van der Waals surface area contributed by atoms with Crippen LogP contribution in [0.3, 0.4) is 0 Å². The van der Waals surface area contributed by atoms with Crippen LogP contribution >= 0.6 is 22.7 Å². The molecule has 1 aromatic carbocycles. The third-order valence-corrected chi connectivity index (χ3v) is 5.85. The minimum Gasteiger partial charge on any atom is -0.462 e. The fourth-order valence-corrected chi connectivity index (χ4v) is 4.25. The quantitative estimate of drug-likeness (QED) is 0.637. The Balaban J connectivity index is 1.88. The Hall–Kier alpha value is -2.71. The van der Waals surface area contributed by atoms with Crippen LogP contribution in [0.4, 0.5) is 5.69 Å². The van der Waals surface area contributed by atoms with Gasteiger partial charge in [-0.15, -0.1) is 11.3 Å². The van der Waals surface area contributed by atoms with Crippen LogP contribution in [0, 0.1) is 6.92 Å². The topological polar surface area (TPSA) is 77.4 Å². The molecule has 2 aromatic heterocycles. The van der Waals surface area contributed by atoms with E-state index in [1.54, 1.807) is 25.3 Å². The third-order valence-electron chi connectivity index (χ3n) is 3.80. The summed E-state index contributed by atoms with van der Waals surface area (Å²) >= 11 is 2.31. The molecule has 27 heavy (non-hydrogen) atoms. The number of anilines is 1. The van der Waals surface area contributed by atoms with Crippen LogP contribution in [0.2, 0.25) is 0 Å². The maximum Gasteiger partial charge on any atom is 0.350 e. The van der Waals surface area contributed by atoms with Crippen molar-refractivity contribution in [2.45, 2.75) is 20.4 Å². The van der Waals surface area contributed by atoms with Gasteiger partial charge in [0.25, 0.3) is 0 Å². The maximum absolute atomic E-state index is 12.4. The van der Waals surface area contributed by atoms with Crippen LogP contribution in [0.5, 0.6) is 0 Å². The van der Waals surface area contributed by atoms with Crippen molar-refractivity contribution in [1.82, 2.24) is 4.57 Å². The predicted molar refractivity (Wildman–Crippen MR) is 108 cm³/mol. The number of esters is 1. The molecule has 3 aromatic rings. The number of rotatable bonds is 6. The van der Waals surface area contributed by atoms with Crippen LogP contribution in [0.1, 0.15) is 22.3 Å². The average molecular weight is 402 g/mol. The first-order valence-corrected chi connectivity index (χ1v) is 10.0. The zero-order chi connectivity index (χ0) is 19.4. The molecule has 0 saturated heterocycles. The lowest BCUT2D eigenvalue weighted by Gasteiger charge is -2.07. The van der Waals surface area contributed by atoms with Crippen molar-refractivity contribution < 1.29 is 14.3 Å². The summed E-state index contributed by atoms with van der Waals surface area (Å²) in [6.45, 7) is 3.64. The molecule has 0 aliphatic carbocycles. The smallest absolute Gasteiger partial charge is 0.350 e. The number of ether oxygens (including phenoxy) is 1. The van der Waals surface area contributed by atoms with E-state index in [1.807, 2.05) is 30.3 Å². The van der Waals surface area contributed by atoms with Crippen LogP contribution in [0.25, 0.3) is 10.4 Å². The van der Waals surface area contributed by atoms with Crippen LogP contribution in [0.15, 0.2) is 46.6 Å². The number of hydrogen-bond donors (Lipinski definition) is 1. The predicted octanol–water partition coefficient (Wildman–Crippen LogP) is 3.76. The fourth-order valence-electron chi connectivity index (χ4n) is 2.51. The molecule has 0 atom stereocenters. The van der Waals surface area contributed by atoms with E-state index in [0.29, 0.717) is 10.6 Å². The van der Waals surface area contributed by atoms with Gasteiger partial charge >= 0.3 is 10.8 Å². The summed E-state index contributed by atoms with van der Waals surface area (Å²) < 4.78 is 6.51. The van der Waals surface area contributed by atoms with E-state index >= 15 is 0 Å². The van der Waals surface area contributed by atoms with E-state index < -0.39 is 5.97 Å². The van der Waals surface area contributed by atoms with Gasteiger partial charge in [0.05, 0.1) is 12.3 Å². The van der Waals surface area contributed by atoms with Crippen molar-refractivity contribution in [3.05, 3.63) is 62.0 Å². The SMILES string of the molecule is CCOC(=O)c1sc(-c2ccccc2)cc1NC(=O)Cn1c(C)csc1=O. The number of carbonyl (C=O) groups is 2. The molecule has 0 aliphatic rings. The summed E-state index contributed by atoms with van der Waals surface area (Å²) in [4.78, 5) is 37.5. The molecule has 1 N–H and O–H groups in total. The number of nitrogens with one attached hydrogen (secondary N) is 1. The van der Waals surface area contributed by atoms with Crippen LogP contribution in [-0.4, -0.2) is 23.1 Å². The summed E-state index contributed by atoms with van der Waals surface area (Å²) in [7, 11) is 0. The molecule has 0 saturated carbocycles. The number of thiophene rings is 1. The molecule has 0 spiro atoms. The molecule has 0 radical (unpaired) electrons. The number of nitrogens with zero attached hydrogens (tertiary/aromatic N) is 1. The second-order valence-electron chi connectivity index (χ2n) is 5.72. The van der Waals surface area contributed by atoms with Crippen molar-refractivity contribution in [3.63, 3.8) is 0 Å². The molecular formula is C19H18N2O4S2. The van der Waals surface area contributed by atoms with Crippen LogP contribution in [-0.2, 0) is 16.1 Å². The first kappa shape index (κ1) is 19.1. The van der Waals surface area contributed by atoms with Gasteiger partial charge in [-0.05, 0) is 25.5 Å². The Kier molecular flexibility index (Phi) is 5.88. The number of amides is 1. The van der Waals surface area contributed by atoms with E-state index in [0.717, 1.165) is 27.5 Å². The molecule has 2 heterocycles. The molecule has 8 heteroatoms. The molecule has 0 fully saturated rings. The van der Waals surface area contributed by atoms with Gasteiger partial charge in [-0.1, -0.05) is 41.7 Å². The highest BCUT2D eigenvalue weighted by Crippen LogP contribution is 2.35. The highest BCUT2D eigenvalue weighted by molar-refractivity contribution is 7.18. The normalized spacial score (nSPS) is 10.6.